The monoisotopic (exact) mass is 359 g/mol. The number of carbonyl (C=O) groups is 2. The maximum Gasteiger partial charge on any atom is 0.326 e. The third kappa shape index (κ3) is 4.12. The van der Waals surface area contributed by atoms with E-state index < -0.39 is 12.0 Å². The first-order valence-corrected chi connectivity index (χ1v) is 8.43. The molecule has 1 atom stereocenters. The lowest BCUT2D eigenvalue weighted by molar-refractivity contribution is -0.141. The molecule has 1 aliphatic heterocycles. The average Bonchev–Trinajstić information content (AvgIpc) is 3.10. The summed E-state index contributed by atoms with van der Waals surface area (Å²) in [5.74, 6) is -0.686. The van der Waals surface area contributed by atoms with Gasteiger partial charge in [0.05, 0.1) is 0 Å². The second-order valence-corrected chi connectivity index (χ2v) is 6.38. The number of amides is 1. The molecule has 0 spiro atoms. The lowest BCUT2D eigenvalue weighted by atomic mass is 10.1. The largest absolute Gasteiger partial charge is 0.489 e. The van der Waals surface area contributed by atoms with E-state index in [0.29, 0.717) is 42.3 Å². The predicted molar refractivity (Wildman–Crippen MR) is 93.9 cm³/mol. The minimum absolute atomic E-state index is 0.280. The van der Waals surface area contributed by atoms with Gasteiger partial charge < -0.3 is 14.7 Å². The minimum atomic E-state index is -0.959. The fourth-order valence-electron chi connectivity index (χ4n) is 2.94. The third-order valence-corrected chi connectivity index (χ3v) is 4.41. The van der Waals surface area contributed by atoms with E-state index in [-0.39, 0.29) is 5.91 Å². The molecule has 2 aromatic carbocycles. The standard InChI is InChI=1S/C19H18ClNO4/c20-15-6-1-4-13(10-15)12-25-16-7-2-5-14(11-16)18(22)21-9-3-8-17(21)19(23)24/h1-2,4-7,10-11,17H,3,8-9,12H2,(H,23,24)/t17-/m0/s1. The zero-order valence-electron chi connectivity index (χ0n) is 13.5. The highest BCUT2D eigenvalue weighted by molar-refractivity contribution is 6.30. The summed E-state index contributed by atoms with van der Waals surface area (Å²) in [6.07, 6.45) is 1.19. The number of carboxylic acid groups (broad SMARTS) is 1. The maximum atomic E-state index is 12.6. The Morgan fingerprint density at radius 2 is 2.00 bits per heavy atom. The number of halogens is 1. The SMILES string of the molecule is O=C(O)[C@@H]1CCCN1C(=O)c1cccc(OCc2cccc(Cl)c2)c1. The summed E-state index contributed by atoms with van der Waals surface area (Å²) < 4.78 is 5.73. The second kappa shape index (κ2) is 7.57. The second-order valence-electron chi connectivity index (χ2n) is 5.94. The van der Waals surface area contributed by atoms with Crippen LogP contribution in [0.15, 0.2) is 48.5 Å². The van der Waals surface area contributed by atoms with Crippen LogP contribution in [0, 0.1) is 0 Å². The van der Waals surface area contributed by atoms with Crippen molar-refractivity contribution >= 4 is 23.5 Å². The first kappa shape index (κ1) is 17.3. The van der Waals surface area contributed by atoms with Crippen LogP contribution in [-0.2, 0) is 11.4 Å². The fraction of sp³-hybridized carbons (Fsp3) is 0.263. The molecule has 1 amide bonds. The Morgan fingerprint density at radius 3 is 2.76 bits per heavy atom. The molecule has 0 radical (unpaired) electrons. The quantitative estimate of drug-likeness (QED) is 0.885. The van der Waals surface area contributed by atoms with Crippen molar-refractivity contribution in [2.75, 3.05) is 6.54 Å². The van der Waals surface area contributed by atoms with Crippen LogP contribution in [0.4, 0.5) is 0 Å². The molecule has 3 rings (SSSR count). The number of benzene rings is 2. The van der Waals surface area contributed by atoms with Gasteiger partial charge in [-0.25, -0.2) is 4.79 Å². The molecular weight excluding hydrogens is 342 g/mol. The van der Waals surface area contributed by atoms with Crippen molar-refractivity contribution in [1.82, 2.24) is 4.90 Å². The molecule has 0 unspecified atom stereocenters. The van der Waals surface area contributed by atoms with Gasteiger partial charge in [0.25, 0.3) is 5.91 Å². The van der Waals surface area contributed by atoms with E-state index in [4.69, 9.17) is 16.3 Å². The van der Waals surface area contributed by atoms with Gasteiger partial charge in [0.2, 0.25) is 0 Å². The minimum Gasteiger partial charge on any atom is -0.489 e. The number of likely N-dealkylation sites (tertiary alicyclic amines) is 1. The Morgan fingerprint density at radius 1 is 1.20 bits per heavy atom. The number of aliphatic carboxylic acids is 1. The number of hydrogen-bond donors (Lipinski definition) is 1. The zero-order chi connectivity index (χ0) is 17.8. The molecule has 0 saturated carbocycles. The van der Waals surface area contributed by atoms with Crippen molar-refractivity contribution < 1.29 is 19.4 Å². The normalized spacial score (nSPS) is 16.7. The summed E-state index contributed by atoms with van der Waals surface area (Å²) in [4.78, 5) is 25.3. The lowest BCUT2D eigenvalue weighted by Crippen LogP contribution is -2.40. The van der Waals surface area contributed by atoms with E-state index >= 15 is 0 Å². The van der Waals surface area contributed by atoms with Crippen LogP contribution in [0.2, 0.25) is 5.02 Å². The Hall–Kier alpha value is -2.53. The fourth-order valence-corrected chi connectivity index (χ4v) is 3.16. The number of hydrogen-bond acceptors (Lipinski definition) is 3. The van der Waals surface area contributed by atoms with Gasteiger partial charge in [0.15, 0.2) is 0 Å². The summed E-state index contributed by atoms with van der Waals surface area (Å²) in [6, 6.07) is 13.4. The Balaban J connectivity index is 1.70. The van der Waals surface area contributed by atoms with Crippen LogP contribution in [-0.4, -0.2) is 34.5 Å². The third-order valence-electron chi connectivity index (χ3n) is 4.17. The van der Waals surface area contributed by atoms with E-state index in [1.165, 1.54) is 4.90 Å². The van der Waals surface area contributed by atoms with Gasteiger partial charge in [0, 0.05) is 17.1 Å². The van der Waals surface area contributed by atoms with Crippen molar-refractivity contribution in [3.05, 3.63) is 64.7 Å². The van der Waals surface area contributed by atoms with Crippen LogP contribution in [0.25, 0.3) is 0 Å². The summed E-state index contributed by atoms with van der Waals surface area (Å²) in [6.45, 7) is 0.795. The van der Waals surface area contributed by atoms with Crippen LogP contribution in [0.1, 0.15) is 28.8 Å². The van der Waals surface area contributed by atoms with Crippen LogP contribution < -0.4 is 4.74 Å². The Kier molecular flexibility index (Phi) is 5.24. The summed E-state index contributed by atoms with van der Waals surface area (Å²) in [5.41, 5.74) is 1.35. The van der Waals surface area contributed by atoms with Gasteiger partial charge in [-0.2, -0.15) is 0 Å². The average molecular weight is 360 g/mol. The van der Waals surface area contributed by atoms with Crippen LogP contribution >= 0.6 is 11.6 Å². The number of nitrogens with zero attached hydrogens (tertiary/aromatic N) is 1. The first-order chi connectivity index (χ1) is 12.0. The zero-order valence-corrected chi connectivity index (χ0v) is 14.3. The molecule has 0 bridgehead atoms. The molecule has 1 fully saturated rings. The Bertz CT molecular complexity index is 792. The molecule has 2 aromatic rings. The Labute approximate surface area is 150 Å². The summed E-state index contributed by atoms with van der Waals surface area (Å²) >= 11 is 5.95. The van der Waals surface area contributed by atoms with E-state index in [9.17, 15) is 14.7 Å². The predicted octanol–water partition coefficient (Wildman–Crippen LogP) is 3.61. The molecule has 0 aromatic heterocycles. The summed E-state index contributed by atoms with van der Waals surface area (Å²) in [7, 11) is 0. The highest BCUT2D eigenvalue weighted by Gasteiger charge is 2.34. The molecule has 130 valence electrons. The smallest absolute Gasteiger partial charge is 0.326 e. The van der Waals surface area contributed by atoms with E-state index in [1.807, 2.05) is 18.2 Å². The van der Waals surface area contributed by atoms with Gasteiger partial charge in [-0.3, -0.25) is 4.79 Å². The molecule has 25 heavy (non-hydrogen) atoms. The molecule has 5 nitrogen and oxygen atoms in total. The molecule has 1 heterocycles. The highest BCUT2D eigenvalue weighted by atomic mass is 35.5. The number of rotatable bonds is 5. The van der Waals surface area contributed by atoms with Crippen molar-refractivity contribution in [3.63, 3.8) is 0 Å². The van der Waals surface area contributed by atoms with Crippen molar-refractivity contribution in [2.24, 2.45) is 0 Å². The number of carbonyl (C=O) groups excluding carboxylic acids is 1. The van der Waals surface area contributed by atoms with Gasteiger partial charge in [-0.15, -0.1) is 0 Å². The van der Waals surface area contributed by atoms with Gasteiger partial charge in [-0.05, 0) is 48.7 Å². The molecule has 1 N–H and O–H groups in total. The lowest BCUT2D eigenvalue weighted by Gasteiger charge is -2.21. The van der Waals surface area contributed by atoms with Gasteiger partial charge >= 0.3 is 5.97 Å². The van der Waals surface area contributed by atoms with E-state index in [2.05, 4.69) is 0 Å². The van der Waals surface area contributed by atoms with Crippen molar-refractivity contribution in [3.8, 4) is 5.75 Å². The number of ether oxygens (including phenoxy) is 1. The van der Waals surface area contributed by atoms with Crippen molar-refractivity contribution in [1.29, 1.82) is 0 Å². The first-order valence-electron chi connectivity index (χ1n) is 8.05. The van der Waals surface area contributed by atoms with Gasteiger partial charge in [0.1, 0.15) is 18.4 Å². The topological polar surface area (TPSA) is 66.8 Å². The van der Waals surface area contributed by atoms with Crippen molar-refractivity contribution in [2.45, 2.75) is 25.5 Å². The molecule has 6 heteroatoms. The van der Waals surface area contributed by atoms with E-state index in [0.717, 1.165) is 5.56 Å². The van der Waals surface area contributed by atoms with Crippen LogP contribution in [0.5, 0.6) is 5.75 Å². The molecule has 0 aliphatic carbocycles. The molecular formula is C19H18ClNO4. The highest BCUT2D eigenvalue weighted by Crippen LogP contribution is 2.23. The maximum absolute atomic E-state index is 12.6. The van der Waals surface area contributed by atoms with E-state index in [1.54, 1.807) is 30.3 Å². The molecule has 1 saturated heterocycles. The number of carboxylic acids is 1. The summed E-state index contributed by atoms with van der Waals surface area (Å²) in [5, 5.41) is 9.88. The molecule has 1 aliphatic rings. The van der Waals surface area contributed by atoms with Crippen LogP contribution in [0.3, 0.4) is 0 Å². The van der Waals surface area contributed by atoms with Gasteiger partial charge in [-0.1, -0.05) is 29.8 Å².